The molecule has 0 atom stereocenters. The Morgan fingerprint density at radius 1 is 1.08 bits per heavy atom. The molecule has 0 saturated heterocycles. The summed E-state index contributed by atoms with van der Waals surface area (Å²) < 4.78 is 0. The third-order valence-corrected chi connectivity index (χ3v) is 4.21. The normalized spacial score (nSPS) is 14.4. The molecule has 24 heavy (non-hydrogen) atoms. The molecule has 1 aliphatic rings. The third-order valence-electron chi connectivity index (χ3n) is 4.21. The zero-order chi connectivity index (χ0) is 17.9. The number of benzene rings is 1. The van der Waals surface area contributed by atoms with E-state index in [1.165, 1.54) is 24.0 Å². The number of carbonyl (C=O) groups is 4. The summed E-state index contributed by atoms with van der Waals surface area (Å²) in [6.45, 7) is 0.807. The number of amides is 1. The average molecular weight is 333 g/mol. The van der Waals surface area contributed by atoms with Crippen LogP contribution in [-0.2, 0) is 4.79 Å². The lowest BCUT2D eigenvalue weighted by Crippen LogP contribution is -2.42. The van der Waals surface area contributed by atoms with Crippen LogP contribution >= 0.6 is 0 Å². The molecule has 0 aromatic heterocycles. The Morgan fingerprint density at radius 3 is 2.21 bits per heavy atom. The van der Waals surface area contributed by atoms with Gasteiger partial charge in [-0.1, -0.05) is 12.8 Å². The molecule has 128 valence electrons. The van der Waals surface area contributed by atoms with E-state index in [2.05, 4.69) is 0 Å². The van der Waals surface area contributed by atoms with E-state index in [0.29, 0.717) is 12.8 Å². The molecule has 0 heterocycles. The molecule has 1 amide bonds. The van der Waals surface area contributed by atoms with E-state index in [4.69, 9.17) is 10.2 Å². The monoisotopic (exact) mass is 333 g/mol. The van der Waals surface area contributed by atoms with Crippen LogP contribution in [0.5, 0.6) is 0 Å². The lowest BCUT2D eigenvalue weighted by molar-refractivity contribution is -0.138. The molecule has 1 saturated carbocycles. The molecule has 0 spiro atoms. The largest absolute Gasteiger partial charge is 0.480 e. The van der Waals surface area contributed by atoms with Crippen LogP contribution in [0.1, 0.15) is 63.7 Å². The SMILES string of the molecule is CC(=O)c1ccc(C(=O)O)cc1C(=O)N(CC(=O)O)C1CCCC1. The van der Waals surface area contributed by atoms with Crippen LogP contribution in [0.2, 0.25) is 0 Å². The van der Waals surface area contributed by atoms with Crippen LogP contribution in [-0.4, -0.2) is 51.3 Å². The molecule has 7 heteroatoms. The zero-order valence-corrected chi connectivity index (χ0v) is 13.3. The van der Waals surface area contributed by atoms with E-state index < -0.39 is 24.4 Å². The summed E-state index contributed by atoms with van der Waals surface area (Å²) in [5.74, 6) is -3.35. The molecular weight excluding hydrogens is 314 g/mol. The molecule has 0 aliphatic heterocycles. The maximum atomic E-state index is 12.9. The predicted molar refractivity (Wildman–Crippen MR) is 84.3 cm³/mol. The van der Waals surface area contributed by atoms with Crippen LogP contribution in [0.3, 0.4) is 0 Å². The van der Waals surface area contributed by atoms with Crippen molar-refractivity contribution in [3.63, 3.8) is 0 Å². The Hall–Kier alpha value is -2.70. The molecule has 0 bridgehead atoms. The fourth-order valence-electron chi connectivity index (χ4n) is 3.04. The quantitative estimate of drug-likeness (QED) is 0.771. The van der Waals surface area contributed by atoms with E-state index in [9.17, 15) is 19.2 Å². The van der Waals surface area contributed by atoms with Crippen molar-refractivity contribution < 1.29 is 29.4 Å². The van der Waals surface area contributed by atoms with Crippen LogP contribution < -0.4 is 0 Å². The number of hydrogen-bond acceptors (Lipinski definition) is 4. The maximum absolute atomic E-state index is 12.9. The van der Waals surface area contributed by atoms with E-state index in [0.717, 1.165) is 18.9 Å². The van der Waals surface area contributed by atoms with Crippen molar-refractivity contribution in [2.45, 2.75) is 38.6 Å². The van der Waals surface area contributed by atoms with Gasteiger partial charge in [0.05, 0.1) is 11.1 Å². The Bertz CT molecular complexity index is 690. The van der Waals surface area contributed by atoms with Gasteiger partial charge in [0.25, 0.3) is 5.91 Å². The van der Waals surface area contributed by atoms with Gasteiger partial charge in [-0.15, -0.1) is 0 Å². The summed E-state index contributed by atoms with van der Waals surface area (Å²) in [5, 5.41) is 18.2. The second-order valence-corrected chi connectivity index (χ2v) is 5.89. The summed E-state index contributed by atoms with van der Waals surface area (Å²) in [7, 11) is 0. The first-order valence-electron chi connectivity index (χ1n) is 7.72. The summed E-state index contributed by atoms with van der Waals surface area (Å²) in [5.41, 5.74) is -0.0843. The van der Waals surface area contributed by atoms with Crippen LogP contribution in [0.15, 0.2) is 18.2 Å². The lowest BCUT2D eigenvalue weighted by atomic mass is 9.99. The van der Waals surface area contributed by atoms with E-state index in [1.807, 2.05) is 0 Å². The van der Waals surface area contributed by atoms with Crippen LogP contribution in [0.25, 0.3) is 0 Å². The van der Waals surface area contributed by atoms with Gasteiger partial charge in [0.2, 0.25) is 0 Å². The van der Waals surface area contributed by atoms with E-state index >= 15 is 0 Å². The lowest BCUT2D eigenvalue weighted by Gasteiger charge is -2.28. The molecule has 0 unspecified atom stereocenters. The number of carboxylic acids is 2. The van der Waals surface area contributed by atoms with Crippen molar-refractivity contribution in [1.82, 2.24) is 4.90 Å². The minimum atomic E-state index is -1.22. The molecule has 7 nitrogen and oxygen atoms in total. The number of carbonyl (C=O) groups excluding carboxylic acids is 2. The Balaban J connectivity index is 2.46. The van der Waals surface area contributed by atoms with Crippen molar-refractivity contribution in [3.8, 4) is 0 Å². The predicted octanol–water partition coefficient (Wildman–Crippen LogP) is 2.06. The van der Waals surface area contributed by atoms with E-state index in [-0.39, 0.29) is 28.5 Å². The maximum Gasteiger partial charge on any atom is 0.335 e. The number of aromatic carboxylic acids is 1. The van der Waals surface area contributed by atoms with Gasteiger partial charge in [-0.05, 0) is 38.0 Å². The van der Waals surface area contributed by atoms with Gasteiger partial charge in [-0.3, -0.25) is 14.4 Å². The highest BCUT2D eigenvalue weighted by atomic mass is 16.4. The fourth-order valence-corrected chi connectivity index (χ4v) is 3.04. The second kappa shape index (κ2) is 7.25. The number of aliphatic carboxylic acids is 1. The standard InChI is InChI=1S/C17H19NO6/c1-10(19)13-7-6-11(17(23)24)8-14(13)16(22)18(9-15(20)21)12-4-2-3-5-12/h6-8,12H,2-5,9H2,1H3,(H,20,21)(H,23,24). The van der Waals surface area contributed by atoms with Gasteiger partial charge >= 0.3 is 11.9 Å². The van der Waals surface area contributed by atoms with Gasteiger partial charge < -0.3 is 15.1 Å². The summed E-state index contributed by atoms with van der Waals surface area (Å²) in [6, 6.07) is 3.49. The van der Waals surface area contributed by atoms with Crippen molar-refractivity contribution in [3.05, 3.63) is 34.9 Å². The van der Waals surface area contributed by atoms with Gasteiger partial charge in [0, 0.05) is 11.6 Å². The fraction of sp³-hybridized carbons (Fsp3) is 0.412. The number of ketones is 1. The number of nitrogens with zero attached hydrogens (tertiary/aromatic N) is 1. The number of Topliss-reactive ketones (excluding diaryl/α,β-unsaturated/α-hetero) is 1. The molecule has 1 aliphatic carbocycles. The molecule has 2 rings (SSSR count). The third kappa shape index (κ3) is 3.79. The van der Waals surface area contributed by atoms with Crippen molar-refractivity contribution >= 4 is 23.6 Å². The Labute approximate surface area is 138 Å². The Morgan fingerprint density at radius 2 is 1.71 bits per heavy atom. The van der Waals surface area contributed by atoms with Gasteiger partial charge in [0.15, 0.2) is 5.78 Å². The van der Waals surface area contributed by atoms with Crippen molar-refractivity contribution in [2.75, 3.05) is 6.54 Å². The summed E-state index contributed by atoms with van der Waals surface area (Å²) >= 11 is 0. The Kier molecular flexibility index (Phi) is 5.33. The molecular formula is C17H19NO6. The first-order chi connectivity index (χ1) is 11.3. The molecule has 1 aromatic rings. The zero-order valence-electron chi connectivity index (χ0n) is 13.3. The minimum Gasteiger partial charge on any atom is -0.480 e. The highest BCUT2D eigenvalue weighted by molar-refractivity contribution is 6.09. The number of carboxylic acid groups (broad SMARTS) is 2. The smallest absolute Gasteiger partial charge is 0.335 e. The van der Waals surface area contributed by atoms with Gasteiger partial charge in [0.1, 0.15) is 6.54 Å². The highest BCUT2D eigenvalue weighted by Crippen LogP contribution is 2.26. The molecule has 1 aromatic carbocycles. The highest BCUT2D eigenvalue weighted by Gasteiger charge is 2.31. The summed E-state index contributed by atoms with van der Waals surface area (Å²) in [6.07, 6.45) is 3.21. The summed E-state index contributed by atoms with van der Waals surface area (Å²) in [4.78, 5) is 48.2. The first kappa shape index (κ1) is 17.7. The van der Waals surface area contributed by atoms with Crippen LogP contribution in [0.4, 0.5) is 0 Å². The minimum absolute atomic E-state index is 0.0597. The van der Waals surface area contributed by atoms with Gasteiger partial charge in [-0.2, -0.15) is 0 Å². The molecule has 0 radical (unpaired) electrons. The van der Waals surface area contributed by atoms with Crippen molar-refractivity contribution in [2.24, 2.45) is 0 Å². The van der Waals surface area contributed by atoms with Gasteiger partial charge in [-0.25, -0.2) is 4.79 Å². The number of rotatable bonds is 6. The topological polar surface area (TPSA) is 112 Å². The number of hydrogen-bond donors (Lipinski definition) is 2. The second-order valence-electron chi connectivity index (χ2n) is 5.89. The van der Waals surface area contributed by atoms with Crippen molar-refractivity contribution in [1.29, 1.82) is 0 Å². The average Bonchev–Trinajstić information content (AvgIpc) is 3.05. The molecule has 1 fully saturated rings. The molecule has 2 N–H and O–H groups in total. The van der Waals surface area contributed by atoms with Crippen LogP contribution in [0, 0.1) is 0 Å². The first-order valence-corrected chi connectivity index (χ1v) is 7.72. The van der Waals surface area contributed by atoms with E-state index in [1.54, 1.807) is 0 Å².